The van der Waals surface area contributed by atoms with E-state index in [-0.39, 0.29) is 23.6 Å². The topological polar surface area (TPSA) is 120 Å². The maximum Gasteiger partial charge on any atom is 0.338 e. The molecule has 2 rings (SSSR count). The summed E-state index contributed by atoms with van der Waals surface area (Å²) in [5.74, 6) is -0.520. The van der Waals surface area contributed by atoms with E-state index in [1.54, 1.807) is 19.9 Å². The standard InChI is InChI=1S/C15H17N3O6/c1-4-24-14(19)12-8(2)16-15(20)17-13(12)9-5-6-11(23-3)10(7-9)18(21)22/h5-7,13H,4H2,1-3H3,(H2,16,17,20). The van der Waals surface area contributed by atoms with Crippen molar-refractivity contribution in [3.63, 3.8) is 0 Å². The number of nitro groups is 1. The Morgan fingerprint density at radius 2 is 2.12 bits per heavy atom. The summed E-state index contributed by atoms with van der Waals surface area (Å²) in [4.78, 5) is 34.6. The second-order valence-corrected chi connectivity index (χ2v) is 4.98. The Morgan fingerprint density at radius 3 is 2.71 bits per heavy atom. The molecule has 2 amide bonds. The zero-order valence-corrected chi connectivity index (χ0v) is 13.4. The molecule has 1 heterocycles. The SMILES string of the molecule is CCOC(=O)C1=C(C)NC(=O)NC1c1ccc(OC)c([N+](=O)[O-])c1. The first-order chi connectivity index (χ1) is 11.4. The Balaban J connectivity index is 2.53. The normalized spacial score (nSPS) is 17.0. The van der Waals surface area contributed by atoms with E-state index in [0.717, 1.165) is 0 Å². The molecule has 1 aromatic rings. The fourth-order valence-corrected chi connectivity index (χ4v) is 2.45. The maximum atomic E-state index is 12.2. The van der Waals surface area contributed by atoms with Gasteiger partial charge in [-0.25, -0.2) is 9.59 Å². The van der Waals surface area contributed by atoms with Gasteiger partial charge in [0.05, 0.1) is 30.3 Å². The highest BCUT2D eigenvalue weighted by Crippen LogP contribution is 2.34. The van der Waals surface area contributed by atoms with Crippen molar-refractivity contribution in [3.05, 3.63) is 45.1 Å². The number of amides is 2. The summed E-state index contributed by atoms with van der Waals surface area (Å²) in [7, 11) is 1.32. The predicted molar refractivity (Wildman–Crippen MR) is 83.4 cm³/mol. The van der Waals surface area contributed by atoms with E-state index < -0.39 is 23.0 Å². The molecule has 9 heteroatoms. The third kappa shape index (κ3) is 3.29. The average Bonchev–Trinajstić information content (AvgIpc) is 2.53. The molecule has 0 spiro atoms. The summed E-state index contributed by atoms with van der Waals surface area (Å²) in [6.45, 7) is 3.39. The minimum absolute atomic E-state index is 0.0856. The Bertz CT molecular complexity index is 728. The number of methoxy groups -OCH3 is 1. The maximum absolute atomic E-state index is 12.2. The third-order valence-corrected chi connectivity index (χ3v) is 3.50. The van der Waals surface area contributed by atoms with Crippen LogP contribution in [0.25, 0.3) is 0 Å². The van der Waals surface area contributed by atoms with Gasteiger partial charge in [-0.05, 0) is 25.5 Å². The van der Waals surface area contributed by atoms with Gasteiger partial charge >= 0.3 is 17.7 Å². The van der Waals surface area contributed by atoms with Crippen LogP contribution in [0.2, 0.25) is 0 Å². The van der Waals surface area contributed by atoms with Crippen molar-refractivity contribution < 1.29 is 24.0 Å². The van der Waals surface area contributed by atoms with E-state index in [4.69, 9.17) is 9.47 Å². The molecule has 1 aliphatic rings. The van der Waals surface area contributed by atoms with E-state index in [0.29, 0.717) is 11.3 Å². The summed E-state index contributed by atoms with van der Waals surface area (Å²) in [5, 5.41) is 16.3. The number of carbonyl (C=O) groups excluding carboxylic acids is 2. The van der Waals surface area contributed by atoms with E-state index in [2.05, 4.69) is 10.6 Å². The lowest BCUT2D eigenvalue weighted by Gasteiger charge is -2.28. The van der Waals surface area contributed by atoms with Crippen molar-refractivity contribution in [2.24, 2.45) is 0 Å². The van der Waals surface area contributed by atoms with Crippen LogP contribution >= 0.6 is 0 Å². The number of hydrogen-bond donors (Lipinski definition) is 2. The molecule has 0 aliphatic carbocycles. The summed E-state index contributed by atoms with van der Waals surface area (Å²) in [6.07, 6.45) is 0. The number of nitrogens with zero attached hydrogens (tertiary/aromatic N) is 1. The average molecular weight is 335 g/mol. The van der Waals surface area contributed by atoms with Crippen LogP contribution < -0.4 is 15.4 Å². The molecule has 1 atom stereocenters. The van der Waals surface area contributed by atoms with Gasteiger partial charge in [-0.15, -0.1) is 0 Å². The molecule has 0 radical (unpaired) electrons. The fourth-order valence-electron chi connectivity index (χ4n) is 2.45. The van der Waals surface area contributed by atoms with E-state index in [9.17, 15) is 19.7 Å². The first-order valence-electron chi connectivity index (χ1n) is 7.16. The largest absolute Gasteiger partial charge is 0.490 e. The number of nitro benzene ring substituents is 1. The molecule has 0 saturated carbocycles. The van der Waals surface area contributed by atoms with E-state index >= 15 is 0 Å². The van der Waals surface area contributed by atoms with Crippen LogP contribution in [-0.2, 0) is 9.53 Å². The van der Waals surface area contributed by atoms with Crippen LogP contribution in [0, 0.1) is 10.1 Å². The quantitative estimate of drug-likeness (QED) is 0.481. The third-order valence-electron chi connectivity index (χ3n) is 3.50. The number of hydrogen-bond acceptors (Lipinski definition) is 6. The van der Waals surface area contributed by atoms with Crippen LogP contribution in [0.1, 0.15) is 25.5 Å². The van der Waals surface area contributed by atoms with Crippen molar-refractivity contribution >= 4 is 17.7 Å². The fraction of sp³-hybridized carbons (Fsp3) is 0.333. The number of esters is 1. The number of allylic oxidation sites excluding steroid dienone is 1. The first kappa shape index (κ1) is 17.3. The van der Waals surface area contributed by atoms with Gasteiger partial charge in [0.2, 0.25) is 0 Å². The van der Waals surface area contributed by atoms with Crippen molar-refractivity contribution in [1.29, 1.82) is 0 Å². The number of ether oxygens (including phenoxy) is 2. The Labute approximate surface area is 137 Å². The molecule has 24 heavy (non-hydrogen) atoms. The molecule has 9 nitrogen and oxygen atoms in total. The second-order valence-electron chi connectivity index (χ2n) is 4.98. The first-order valence-corrected chi connectivity index (χ1v) is 7.16. The smallest absolute Gasteiger partial charge is 0.338 e. The van der Waals surface area contributed by atoms with Crippen LogP contribution in [0.4, 0.5) is 10.5 Å². The monoisotopic (exact) mass is 335 g/mol. The number of nitrogens with one attached hydrogen (secondary N) is 2. The minimum Gasteiger partial charge on any atom is -0.490 e. The summed E-state index contributed by atoms with van der Waals surface area (Å²) < 4.78 is 9.97. The highest BCUT2D eigenvalue weighted by Gasteiger charge is 2.33. The number of rotatable bonds is 5. The Kier molecular flexibility index (Phi) is 5.02. The number of urea groups is 1. The summed E-state index contributed by atoms with van der Waals surface area (Å²) in [5.41, 5.74) is 0.639. The Hall–Kier alpha value is -3.10. The van der Waals surface area contributed by atoms with Crippen molar-refractivity contribution in [2.45, 2.75) is 19.9 Å². The van der Waals surface area contributed by atoms with Crippen LogP contribution in [0.3, 0.4) is 0 Å². The minimum atomic E-state index is -0.859. The lowest BCUT2D eigenvalue weighted by molar-refractivity contribution is -0.385. The van der Waals surface area contributed by atoms with Gasteiger partial charge in [-0.1, -0.05) is 6.07 Å². The van der Waals surface area contributed by atoms with Crippen LogP contribution in [0.15, 0.2) is 29.5 Å². The molecular weight excluding hydrogens is 318 g/mol. The predicted octanol–water partition coefficient (Wildman–Crippen LogP) is 1.79. The van der Waals surface area contributed by atoms with E-state index in [1.165, 1.54) is 19.2 Å². The van der Waals surface area contributed by atoms with Crippen molar-refractivity contribution in [1.82, 2.24) is 10.6 Å². The van der Waals surface area contributed by atoms with Gasteiger partial charge < -0.3 is 20.1 Å². The second kappa shape index (κ2) is 6.99. The zero-order chi connectivity index (χ0) is 17.9. The summed E-state index contributed by atoms with van der Waals surface area (Å²) in [6, 6.07) is 2.86. The lowest BCUT2D eigenvalue weighted by Crippen LogP contribution is -2.45. The number of benzene rings is 1. The number of carbonyl (C=O) groups is 2. The van der Waals surface area contributed by atoms with Gasteiger partial charge in [-0.2, -0.15) is 0 Å². The highest BCUT2D eigenvalue weighted by atomic mass is 16.6. The van der Waals surface area contributed by atoms with Gasteiger partial charge in [-0.3, -0.25) is 10.1 Å². The van der Waals surface area contributed by atoms with Gasteiger partial charge in [0.15, 0.2) is 5.75 Å². The molecule has 2 N–H and O–H groups in total. The van der Waals surface area contributed by atoms with Crippen LogP contribution in [0.5, 0.6) is 5.75 Å². The van der Waals surface area contributed by atoms with Gasteiger partial charge in [0.25, 0.3) is 0 Å². The molecule has 1 aromatic carbocycles. The molecule has 1 unspecified atom stereocenters. The van der Waals surface area contributed by atoms with Gasteiger partial charge in [0.1, 0.15) is 0 Å². The summed E-state index contributed by atoms with van der Waals surface area (Å²) >= 11 is 0. The Morgan fingerprint density at radius 1 is 1.42 bits per heavy atom. The van der Waals surface area contributed by atoms with Crippen LogP contribution in [-0.4, -0.2) is 30.6 Å². The molecule has 0 fully saturated rings. The highest BCUT2D eigenvalue weighted by molar-refractivity contribution is 5.95. The zero-order valence-electron chi connectivity index (χ0n) is 13.4. The van der Waals surface area contributed by atoms with Gasteiger partial charge in [0, 0.05) is 11.8 Å². The molecule has 0 saturated heterocycles. The molecular formula is C15H17N3O6. The van der Waals surface area contributed by atoms with Crippen molar-refractivity contribution in [3.8, 4) is 5.75 Å². The molecule has 0 bridgehead atoms. The van der Waals surface area contributed by atoms with E-state index in [1.807, 2.05) is 0 Å². The molecule has 128 valence electrons. The lowest BCUT2D eigenvalue weighted by atomic mass is 9.95. The molecule has 1 aliphatic heterocycles. The molecule has 0 aromatic heterocycles. The van der Waals surface area contributed by atoms with Crippen molar-refractivity contribution in [2.75, 3.05) is 13.7 Å².